The van der Waals surface area contributed by atoms with E-state index in [1.54, 1.807) is 20.8 Å². The van der Waals surface area contributed by atoms with Gasteiger partial charge in [0.1, 0.15) is 5.60 Å². The van der Waals surface area contributed by atoms with Crippen molar-refractivity contribution >= 4 is 23.8 Å². The molecular weight excluding hydrogens is 319 g/mol. The Hall–Kier alpha value is -1.69. The molecule has 0 fully saturated rings. The maximum atomic E-state index is 12.7. The average molecular weight is 336 g/mol. The zero-order valence-electron chi connectivity index (χ0n) is 12.4. The molecule has 0 aromatic heterocycles. The number of nitrogens with one attached hydrogen (secondary N) is 1. The Kier molecular flexibility index (Phi) is 5.88. The van der Waals surface area contributed by atoms with Crippen LogP contribution < -0.4 is 5.32 Å². The molecule has 1 rings (SSSR count). The summed E-state index contributed by atoms with van der Waals surface area (Å²) in [4.78, 5) is 11.4. The summed E-state index contributed by atoms with van der Waals surface area (Å²) in [5.74, 6) is 0. The van der Waals surface area contributed by atoms with E-state index in [-0.39, 0.29) is 11.6 Å². The minimum atomic E-state index is -4.50. The number of carbonyl (C=O) groups excluding carboxylic acids is 1. The van der Waals surface area contributed by atoms with Crippen molar-refractivity contribution in [1.29, 1.82) is 0 Å². The molecule has 0 heterocycles. The highest BCUT2D eigenvalue weighted by molar-refractivity contribution is 6.31. The molecule has 0 saturated heterocycles. The van der Waals surface area contributed by atoms with Crippen LogP contribution in [0, 0.1) is 0 Å². The van der Waals surface area contributed by atoms with E-state index in [2.05, 4.69) is 5.32 Å². The molecule has 0 bridgehead atoms. The van der Waals surface area contributed by atoms with Crippen LogP contribution in [0.2, 0.25) is 5.02 Å². The van der Waals surface area contributed by atoms with E-state index in [4.69, 9.17) is 16.3 Å². The van der Waals surface area contributed by atoms with Crippen molar-refractivity contribution in [2.45, 2.75) is 32.5 Å². The van der Waals surface area contributed by atoms with Gasteiger partial charge in [0.15, 0.2) is 0 Å². The smallest absolute Gasteiger partial charge is 0.417 e. The second-order valence-electron chi connectivity index (χ2n) is 5.52. The number of hydrogen-bond acceptors (Lipinski definition) is 2. The predicted octanol–water partition coefficient (Wildman–Crippen LogP) is 4.90. The molecule has 0 aliphatic rings. The summed E-state index contributed by atoms with van der Waals surface area (Å²) in [6, 6.07) is 3.60. The highest BCUT2D eigenvalue weighted by Gasteiger charge is 2.33. The number of benzene rings is 1. The van der Waals surface area contributed by atoms with Crippen LogP contribution in [0.5, 0.6) is 0 Å². The van der Waals surface area contributed by atoms with Crippen molar-refractivity contribution in [3.05, 3.63) is 40.4 Å². The normalized spacial score (nSPS) is 12.5. The summed E-state index contributed by atoms with van der Waals surface area (Å²) >= 11 is 5.53. The maximum absolute atomic E-state index is 12.7. The van der Waals surface area contributed by atoms with Crippen molar-refractivity contribution in [2.24, 2.45) is 0 Å². The van der Waals surface area contributed by atoms with E-state index in [0.29, 0.717) is 5.56 Å². The molecule has 0 spiro atoms. The number of alkyl carbamates (subject to hydrolysis) is 1. The van der Waals surface area contributed by atoms with Crippen molar-refractivity contribution < 1.29 is 22.7 Å². The first-order chi connectivity index (χ1) is 9.99. The fraction of sp³-hybridized carbons (Fsp3) is 0.400. The number of halogens is 4. The summed E-state index contributed by atoms with van der Waals surface area (Å²) in [6.45, 7) is 5.33. The number of carbonyl (C=O) groups is 1. The van der Waals surface area contributed by atoms with Gasteiger partial charge in [0, 0.05) is 6.54 Å². The molecule has 22 heavy (non-hydrogen) atoms. The van der Waals surface area contributed by atoms with Crippen LogP contribution in [0.4, 0.5) is 18.0 Å². The lowest BCUT2D eigenvalue weighted by molar-refractivity contribution is -0.137. The molecule has 1 N–H and O–H groups in total. The first-order valence-electron chi connectivity index (χ1n) is 6.49. The minimum Gasteiger partial charge on any atom is -0.444 e. The predicted molar refractivity (Wildman–Crippen MR) is 79.7 cm³/mol. The van der Waals surface area contributed by atoms with Gasteiger partial charge in [-0.2, -0.15) is 13.2 Å². The third kappa shape index (κ3) is 6.39. The summed E-state index contributed by atoms with van der Waals surface area (Å²) < 4.78 is 43.1. The monoisotopic (exact) mass is 335 g/mol. The van der Waals surface area contributed by atoms with Gasteiger partial charge in [-0.1, -0.05) is 29.8 Å². The second kappa shape index (κ2) is 7.05. The van der Waals surface area contributed by atoms with Gasteiger partial charge >= 0.3 is 12.3 Å². The Morgan fingerprint density at radius 2 is 1.95 bits per heavy atom. The Labute approximate surface area is 132 Å². The van der Waals surface area contributed by atoms with Gasteiger partial charge < -0.3 is 10.1 Å². The zero-order valence-corrected chi connectivity index (χ0v) is 13.2. The van der Waals surface area contributed by atoms with Gasteiger partial charge in [0.05, 0.1) is 10.6 Å². The Balaban J connectivity index is 2.63. The van der Waals surface area contributed by atoms with Crippen LogP contribution in [-0.4, -0.2) is 18.2 Å². The molecule has 3 nitrogen and oxygen atoms in total. The van der Waals surface area contributed by atoms with Gasteiger partial charge in [-0.3, -0.25) is 0 Å². The molecule has 0 aliphatic carbocycles. The van der Waals surface area contributed by atoms with E-state index in [9.17, 15) is 18.0 Å². The topological polar surface area (TPSA) is 38.3 Å². The Morgan fingerprint density at radius 1 is 1.32 bits per heavy atom. The number of amides is 1. The molecule has 1 aromatic rings. The number of ether oxygens (including phenoxy) is 1. The van der Waals surface area contributed by atoms with Crippen LogP contribution in [-0.2, 0) is 10.9 Å². The third-order valence-electron chi connectivity index (χ3n) is 2.37. The van der Waals surface area contributed by atoms with Crippen molar-refractivity contribution in [2.75, 3.05) is 6.54 Å². The first-order valence-corrected chi connectivity index (χ1v) is 6.87. The molecule has 1 aromatic carbocycles. The SMILES string of the molecule is CC(C)(C)OC(=O)NCC=Cc1ccc(Cl)c(C(F)(F)F)c1. The molecular formula is C15H17ClF3NO2. The average Bonchev–Trinajstić information content (AvgIpc) is 2.33. The van der Waals surface area contributed by atoms with Gasteiger partial charge in [-0.25, -0.2) is 4.79 Å². The van der Waals surface area contributed by atoms with Gasteiger partial charge in [0.2, 0.25) is 0 Å². The summed E-state index contributed by atoms with van der Waals surface area (Å²) in [6.07, 6.45) is -2.12. The highest BCUT2D eigenvalue weighted by Crippen LogP contribution is 2.35. The van der Waals surface area contributed by atoms with Crippen molar-refractivity contribution in [1.82, 2.24) is 5.32 Å². The maximum Gasteiger partial charge on any atom is 0.417 e. The lowest BCUT2D eigenvalue weighted by Crippen LogP contribution is -2.32. The zero-order chi connectivity index (χ0) is 17.0. The van der Waals surface area contributed by atoms with E-state index in [1.165, 1.54) is 24.3 Å². The standard InChI is InChI=1S/C15H17ClF3NO2/c1-14(2,3)22-13(21)20-8-4-5-10-6-7-12(16)11(9-10)15(17,18)19/h4-7,9H,8H2,1-3H3,(H,20,21). The molecule has 0 aliphatic heterocycles. The van der Waals surface area contributed by atoms with Gasteiger partial charge in [-0.15, -0.1) is 0 Å². The van der Waals surface area contributed by atoms with Gasteiger partial charge in [-0.05, 0) is 38.5 Å². The van der Waals surface area contributed by atoms with Crippen LogP contribution in [0.25, 0.3) is 6.08 Å². The summed E-state index contributed by atoms with van der Waals surface area (Å²) in [5.41, 5.74) is -1.16. The van der Waals surface area contributed by atoms with E-state index >= 15 is 0 Å². The minimum absolute atomic E-state index is 0.138. The lowest BCUT2D eigenvalue weighted by atomic mass is 10.1. The van der Waals surface area contributed by atoms with Crippen LogP contribution in [0.1, 0.15) is 31.9 Å². The Bertz CT molecular complexity index is 563. The highest BCUT2D eigenvalue weighted by atomic mass is 35.5. The summed E-state index contributed by atoms with van der Waals surface area (Å²) in [5, 5.41) is 2.12. The fourth-order valence-electron chi connectivity index (χ4n) is 1.52. The van der Waals surface area contributed by atoms with Crippen LogP contribution >= 0.6 is 11.6 Å². The quantitative estimate of drug-likeness (QED) is 0.853. The Morgan fingerprint density at radius 3 is 2.50 bits per heavy atom. The van der Waals surface area contributed by atoms with Crippen LogP contribution in [0.3, 0.4) is 0 Å². The van der Waals surface area contributed by atoms with E-state index < -0.39 is 23.4 Å². The molecule has 0 saturated carbocycles. The first kappa shape index (κ1) is 18.4. The van der Waals surface area contributed by atoms with Crippen molar-refractivity contribution in [3.63, 3.8) is 0 Å². The second-order valence-corrected chi connectivity index (χ2v) is 5.93. The largest absolute Gasteiger partial charge is 0.444 e. The molecule has 0 atom stereocenters. The van der Waals surface area contributed by atoms with E-state index in [1.807, 2.05) is 0 Å². The summed E-state index contributed by atoms with van der Waals surface area (Å²) in [7, 11) is 0. The molecule has 7 heteroatoms. The molecule has 122 valence electrons. The van der Waals surface area contributed by atoms with Gasteiger partial charge in [0.25, 0.3) is 0 Å². The fourth-order valence-corrected chi connectivity index (χ4v) is 1.74. The number of alkyl halides is 3. The van der Waals surface area contributed by atoms with Crippen molar-refractivity contribution in [3.8, 4) is 0 Å². The van der Waals surface area contributed by atoms with E-state index in [0.717, 1.165) is 6.07 Å². The third-order valence-corrected chi connectivity index (χ3v) is 2.70. The number of rotatable bonds is 3. The lowest BCUT2D eigenvalue weighted by Gasteiger charge is -2.19. The van der Waals surface area contributed by atoms with Crippen LogP contribution in [0.15, 0.2) is 24.3 Å². The molecule has 0 unspecified atom stereocenters. The molecule has 0 radical (unpaired) electrons. The molecule has 1 amide bonds. The number of hydrogen-bond donors (Lipinski definition) is 1.